The predicted octanol–water partition coefficient (Wildman–Crippen LogP) is 2.36. The van der Waals surface area contributed by atoms with Gasteiger partial charge in [0.15, 0.2) is 0 Å². The van der Waals surface area contributed by atoms with Crippen LogP contribution in [0.3, 0.4) is 0 Å². The van der Waals surface area contributed by atoms with Crippen molar-refractivity contribution >= 4 is 5.82 Å². The van der Waals surface area contributed by atoms with Gasteiger partial charge in [-0.15, -0.1) is 0 Å². The maximum Gasteiger partial charge on any atom is 0.131 e. The van der Waals surface area contributed by atoms with Crippen molar-refractivity contribution in [2.75, 3.05) is 32.2 Å². The van der Waals surface area contributed by atoms with Crippen molar-refractivity contribution in [3.05, 3.63) is 47.5 Å². The highest BCUT2D eigenvalue weighted by Crippen LogP contribution is 2.18. The van der Waals surface area contributed by atoms with Crippen molar-refractivity contribution in [3.8, 4) is 0 Å². The molecule has 0 spiro atoms. The molecule has 0 unspecified atom stereocenters. The van der Waals surface area contributed by atoms with Gasteiger partial charge in [0, 0.05) is 33.4 Å². The zero-order valence-corrected chi connectivity index (χ0v) is 12.9. The van der Waals surface area contributed by atoms with E-state index in [2.05, 4.69) is 28.2 Å². The lowest BCUT2D eigenvalue weighted by atomic mass is 10.2. The summed E-state index contributed by atoms with van der Waals surface area (Å²) in [5.41, 5.74) is 2.34. The Balaban J connectivity index is 1.94. The molecule has 0 fully saturated rings. The van der Waals surface area contributed by atoms with Crippen LogP contribution in [0, 0.1) is 6.92 Å². The van der Waals surface area contributed by atoms with Crippen LogP contribution in [0.4, 0.5) is 5.82 Å². The van der Waals surface area contributed by atoms with Gasteiger partial charge >= 0.3 is 0 Å². The van der Waals surface area contributed by atoms with Crippen LogP contribution in [0.2, 0.25) is 0 Å². The number of furan rings is 1. The summed E-state index contributed by atoms with van der Waals surface area (Å²) in [4.78, 5) is 6.66. The van der Waals surface area contributed by atoms with Gasteiger partial charge in [-0.25, -0.2) is 4.98 Å². The Kier molecular flexibility index (Phi) is 5.78. The molecule has 2 heterocycles. The van der Waals surface area contributed by atoms with Crippen LogP contribution < -0.4 is 10.2 Å². The number of aromatic nitrogens is 1. The van der Waals surface area contributed by atoms with Crippen LogP contribution in [0.1, 0.15) is 16.9 Å². The minimum absolute atomic E-state index is 0.715. The van der Waals surface area contributed by atoms with Crippen molar-refractivity contribution < 1.29 is 9.15 Å². The Hall–Kier alpha value is -1.85. The largest absolute Gasteiger partial charge is 0.467 e. The van der Waals surface area contributed by atoms with Crippen LogP contribution in [-0.4, -0.2) is 32.3 Å². The lowest BCUT2D eigenvalue weighted by molar-refractivity contribution is 0.199. The smallest absolute Gasteiger partial charge is 0.131 e. The molecule has 5 heteroatoms. The number of ether oxygens (including phenoxy) is 1. The maximum absolute atomic E-state index is 5.37. The maximum atomic E-state index is 5.37. The van der Waals surface area contributed by atoms with Crippen molar-refractivity contribution in [2.45, 2.75) is 20.0 Å². The fraction of sp³-hybridized carbons (Fsp3) is 0.438. The lowest BCUT2D eigenvalue weighted by Crippen LogP contribution is -2.20. The summed E-state index contributed by atoms with van der Waals surface area (Å²) < 4.78 is 10.4. The molecule has 114 valence electrons. The number of anilines is 1. The molecule has 2 aromatic rings. The number of nitrogens with zero attached hydrogens (tertiary/aromatic N) is 2. The first-order valence-electron chi connectivity index (χ1n) is 7.09. The standard InChI is InChI=1S/C16H23N3O2/c1-13-9-14(10-17-6-8-20-3)11-18-16(13)19(2)12-15-5-4-7-21-15/h4-5,7,9,11,17H,6,8,10,12H2,1-3H3. The van der Waals surface area contributed by atoms with E-state index in [4.69, 9.17) is 9.15 Å². The quantitative estimate of drug-likeness (QED) is 0.756. The molecule has 2 rings (SSSR count). The zero-order valence-electron chi connectivity index (χ0n) is 12.9. The van der Waals surface area contributed by atoms with E-state index in [1.165, 1.54) is 5.56 Å². The van der Waals surface area contributed by atoms with E-state index < -0.39 is 0 Å². The van der Waals surface area contributed by atoms with Crippen molar-refractivity contribution in [3.63, 3.8) is 0 Å². The van der Waals surface area contributed by atoms with Gasteiger partial charge in [0.2, 0.25) is 0 Å². The summed E-state index contributed by atoms with van der Waals surface area (Å²) in [5.74, 6) is 1.91. The molecular weight excluding hydrogens is 266 g/mol. The molecule has 0 aliphatic rings. The monoisotopic (exact) mass is 289 g/mol. The summed E-state index contributed by atoms with van der Waals surface area (Å²) in [7, 11) is 3.73. The highest BCUT2D eigenvalue weighted by Gasteiger charge is 2.09. The summed E-state index contributed by atoms with van der Waals surface area (Å²) in [5, 5.41) is 3.32. The molecule has 0 saturated heterocycles. The highest BCUT2D eigenvalue weighted by atomic mass is 16.5. The number of methoxy groups -OCH3 is 1. The summed E-state index contributed by atoms with van der Waals surface area (Å²) >= 11 is 0. The highest BCUT2D eigenvalue weighted by molar-refractivity contribution is 5.46. The van der Waals surface area contributed by atoms with Crippen molar-refractivity contribution in [2.24, 2.45) is 0 Å². The average molecular weight is 289 g/mol. The van der Waals surface area contributed by atoms with Crippen LogP contribution in [0.15, 0.2) is 35.1 Å². The number of hydrogen-bond acceptors (Lipinski definition) is 5. The third-order valence-corrected chi connectivity index (χ3v) is 3.25. The minimum Gasteiger partial charge on any atom is -0.467 e. The second-order valence-electron chi connectivity index (χ2n) is 5.09. The van der Waals surface area contributed by atoms with E-state index in [0.717, 1.165) is 36.8 Å². The fourth-order valence-corrected chi connectivity index (χ4v) is 2.24. The van der Waals surface area contributed by atoms with Crippen LogP contribution >= 0.6 is 0 Å². The minimum atomic E-state index is 0.715. The van der Waals surface area contributed by atoms with Gasteiger partial charge in [0.1, 0.15) is 11.6 Å². The van der Waals surface area contributed by atoms with E-state index in [0.29, 0.717) is 6.54 Å². The molecule has 1 N–H and O–H groups in total. The topological polar surface area (TPSA) is 50.5 Å². The summed E-state index contributed by atoms with van der Waals surface area (Å²) in [6.07, 6.45) is 3.61. The molecule has 0 atom stereocenters. The zero-order chi connectivity index (χ0) is 15.1. The van der Waals surface area contributed by atoms with E-state index >= 15 is 0 Å². The molecule has 0 saturated carbocycles. The molecule has 5 nitrogen and oxygen atoms in total. The summed E-state index contributed by atoms with van der Waals surface area (Å²) in [6, 6.07) is 6.04. The third kappa shape index (κ3) is 4.58. The van der Waals surface area contributed by atoms with Gasteiger partial charge in [0.05, 0.1) is 19.4 Å². The normalized spacial score (nSPS) is 10.8. The number of rotatable bonds is 8. The molecule has 0 aromatic carbocycles. The first kappa shape index (κ1) is 15.5. The van der Waals surface area contributed by atoms with Gasteiger partial charge in [-0.2, -0.15) is 0 Å². The SMILES string of the molecule is COCCNCc1cnc(N(C)Cc2ccco2)c(C)c1. The molecule has 2 aromatic heterocycles. The molecule has 21 heavy (non-hydrogen) atoms. The van der Waals surface area contributed by atoms with Gasteiger partial charge in [-0.1, -0.05) is 0 Å². The number of hydrogen-bond donors (Lipinski definition) is 1. The van der Waals surface area contributed by atoms with E-state index in [1.807, 2.05) is 25.4 Å². The van der Waals surface area contributed by atoms with E-state index in [1.54, 1.807) is 13.4 Å². The van der Waals surface area contributed by atoms with Gasteiger partial charge in [0.25, 0.3) is 0 Å². The number of pyridine rings is 1. The van der Waals surface area contributed by atoms with Crippen LogP contribution in [0.5, 0.6) is 0 Å². The molecule has 0 aliphatic heterocycles. The van der Waals surface area contributed by atoms with Gasteiger partial charge < -0.3 is 19.4 Å². The number of aryl methyl sites for hydroxylation is 1. The molecular formula is C16H23N3O2. The lowest BCUT2D eigenvalue weighted by Gasteiger charge is -2.19. The first-order chi connectivity index (χ1) is 10.2. The third-order valence-electron chi connectivity index (χ3n) is 3.25. The van der Waals surface area contributed by atoms with Gasteiger partial charge in [-0.05, 0) is 36.2 Å². The molecule has 0 aliphatic carbocycles. The van der Waals surface area contributed by atoms with Gasteiger partial charge in [-0.3, -0.25) is 0 Å². The molecule has 0 radical (unpaired) electrons. The summed E-state index contributed by atoms with van der Waals surface area (Å²) in [6.45, 7) is 5.16. The second-order valence-corrected chi connectivity index (χ2v) is 5.09. The Morgan fingerprint density at radius 1 is 1.43 bits per heavy atom. The first-order valence-corrected chi connectivity index (χ1v) is 7.09. The molecule has 0 bridgehead atoms. The Morgan fingerprint density at radius 3 is 2.95 bits per heavy atom. The fourth-order valence-electron chi connectivity index (χ4n) is 2.24. The van der Waals surface area contributed by atoms with E-state index in [9.17, 15) is 0 Å². The van der Waals surface area contributed by atoms with Crippen molar-refractivity contribution in [1.82, 2.24) is 10.3 Å². The van der Waals surface area contributed by atoms with E-state index in [-0.39, 0.29) is 0 Å². The molecule has 0 amide bonds. The Morgan fingerprint density at radius 2 is 2.29 bits per heavy atom. The Bertz CT molecular complexity index is 540. The van der Waals surface area contributed by atoms with Crippen LogP contribution in [-0.2, 0) is 17.8 Å². The number of nitrogens with one attached hydrogen (secondary N) is 1. The van der Waals surface area contributed by atoms with Crippen LogP contribution in [0.25, 0.3) is 0 Å². The average Bonchev–Trinajstić information content (AvgIpc) is 2.96. The Labute approximate surface area is 125 Å². The second kappa shape index (κ2) is 7.81. The predicted molar refractivity (Wildman–Crippen MR) is 83.4 cm³/mol. The van der Waals surface area contributed by atoms with Crippen molar-refractivity contribution in [1.29, 1.82) is 0 Å².